The average Bonchev–Trinajstić information content (AvgIpc) is 3.13. The topological polar surface area (TPSA) is 87.3 Å². The molecule has 1 aliphatic heterocycles. The molecule has 2 rings (SSSR count). The quantitative estimate of drug-likeness (QED) is 0.465. The minimum absolute atomic E-state index is 0.0298. The van der Waals surface area contributed by atoms with Crippen LogP contribution >= 0.6 is 0 Å². The number of hydrogen-bond acceptors (Lipinski definition) is 5. The van der Waals surface area contributed by atoms with Crippen LogP contribution in [0.4, 0.5) is 0 Å². The van der Waals surface area contributed by atoms with E-state index in [1.54, 1.807) is 12.1 Å². The van der Waals surface area contributed by atoms with Gasteiger partial charge in [0.25, 0.3) is 0 Å². The zero-order valence-corrected chi connectivity index (χ0v) is 14.4. The van der Waals surface area contributed by atoms with Crippen LogP contribution in [0.2, 0.25) is 0 Å². The largest absolute Gasteiger partial charge is 0.467 e. The smallest absolute Gasteiger partial charge is 0.309 e. The summed E-state index contributed by atoms with van der Waals surface area (Å²) in [6.45, 7) is 6.71. The van der Waals surface area contributed by atoms with Crippen LogP contribution < -0.4 is 5.32 Å². The second kappa shape index (κ2) is 9.32. The number of aliphatic imine (C=N–C) groups is 1. The summed E-state index contributed by atoms with van der Waals surface area (Å²) in [7, 11) is 0. The van der Waals surface area contributed by atoms with Crippen LogP contribution in [0.15, 0.2) is 27.8 Å². The first kappa shape index (κ1) is 18.3. The van der Waals surface area contributed by atoms with Crippen molar-refractivity contribution in [3.8, 4) is 0 Å². The van der Waals surface area contributed by atoms with Crippen LogP contribution in [0.1, 0.15) is 38.6 Å². The van der Waals surface area contributed by atoms with E-state index in [1.165, 1.54) is 6.26 Å². The fourth-order valence-electron chi connectivity index (χ4n) is 2.76. The number of likely N-dealkylation sites (tertiary alicyclic amines) is 1. The third-order valence-electron chi connectivity index (χ3n) is 4.03. The molecule has 0 amide bonds. The molecular formula is C17H27N3O4. The Balaban J connectivity index is 1.91. The monoisotopic (exact) mass is 337 g/mol. The van der Waals surface area contributed by atoms with Crippen LogP contribution in [-0.4, -0.2) is 54.7 Å². The number of guanidine groups is 1. The van der Waals surface area contributed by atoms with Crippen LogP contribution in [0.25, 0.3) is 0 Å². The summed E-state index contributed by atoms with van der Waals surface area (Å²) in [6, 6.07) is 3.48. The fraction of sp³-hybridized carbons (Fsp3) is 0.647. The lowest BCUT2D eigenvalue weighted by Gasteiger charge is -2.33. The Bertz CT molecular complexity index is 522. The summed E-state index contributed by atoms with van der Waals surface area (Å²) >= 11 is 0. The molecule has 0 bridgehead atoms. The predicted octanol–water partition coefficient (Wildman–Crippen LogP) is 1.55. The van der Waals surface area contributed by atoms with Crippen molar-refractivity contribution in [3.63, 3.8) is 0 Å². The number of hydrogen-bond donors (Lipinski definition) is 2. The number of carbonyl (C=O) groups excluding carboxylic acids is 1. The van der Waals surface area contributed by atoms with E-state index in [-0.39, 0.29) is 18.4 Å². The molecule has 1 saturated heterocycles. The molecule has 134 valence electrons. The van der Waals surface area contributed by atoms with Gasteiger partial charge in [0.1, 0.15) is 11.9 Å². The number of nitrogens with one attached hydrogen (secondary N) is 1. The number of aliphatic hydroxyl groups excluding tert-OH is 1. The van der Waals surface area contributed by atoms with Crippen molar-refractivity contribution >= 4 is 11.9 Å². The molecule has 1 fully saturated rings. The van der Waals surface area contributed by atoms with E-state index in [4.69, 9.17) is 9.15 Å². The van der Waals surface area contributed by atoms with Gasteiger partial charge in [0.2, 0.25) is 0 Å². The average molecular weight is 337 g/mol. The molecule has 24 heavy (non-hydrogen) atoms. The molecule has 0 aromatic carbocycles. The molecule has 1 atom stereocenters. The van der Waals surface area contributed by atoms with Crippen molar-refractivity contribution in [2.24, 2.45) is 10.9 Å². The zero-order chi connectivity index (χ0) is 17.4. The Morgan fingerprint density at radius 3 is 2.83 bits per heavy atom. The lowest BCUT2D eigenvalue weighted by molar-refractivity contribution is -0.149. The second-order valence-corrected chi connectivity index (χ2v) is 5.74. The highest BCUT2D eigenvalue weighted by Gasteiger charge is 2.27. The Hall–Kier alpha value is -2.02. The highest BCUT2D eigenvalue weighted by molar-refractivity contribution is 5.80. The lowest BCUT2D eigenvalue weighted by Crippen LogP contribution is -2.46. The Morgan fingerprint density at radius 1 is 1.50 bits per heavy atom. The van der Waals surface area contributed by atoms with E-state index in [2.05, 4.69) is 15.2 Å². The Morgan fingerprint density at radius 2 is 2.25 bits per heavy atom. The van der Waals surface area contributed by atoms with Gasteiger partial charge in [0.15, 0.2) is 5.96 Å². The molecule has 2 N–H and O–H groups in total. The van der Waals surface area contributed by atoms with Crippen molar-refractivity contribution in [1.29, 1.82) is 0 Å². The van der Waals surface area contributed by atoms with Gasteiger partial charge in [-0.05, 0) is 38.8 Å². The van der Waals surface area contributed by atoms with E-state index in [0.717, 1.165) is 38.4 Å². The molecule has 1 aliphatic rings. The van der Waals surface area contributed by atoms with Crippen LogP contribution in [0.5, 0.6) is 0 Å². The molecule has 7 heteroatoms. The van der Waals surface area contributed by atoms with Gasteiger partial charge in [0, 0.05) is 19.6 Å². The maximum Gasteiger partial charge on any atom is 0.309 e. The summed E-state index contributed by atoms with van der Waals surface area (Å²) in [6.07, 6.45) is 2.28. The van der Waals surface area contributed by atoms with Gasteiger partial charge < -0.3 is 24.5 Å². The maximum absolute atomic E-state index is 11.8. The molecule has 1 unspecified atom stereocenters. The van der Waals surface area contributed by atoms with Crippen molar-refractivity contribution < 1.29 is 19.1 Å². The molecule has 0 saturated carbocycles. The lowest BCUT2D eigenvalue weighted by atomic mass is 9.97. The second-order valence-electron chi connectivity index (χ2n) is 5.74. The maximum atomic E-state index is 11.8. The number of rotatable bonds is 6. The van der Waals surface area contributed by atoms with Crippen molar-refractivity contribution in [3.05, 3.63) is 24.2 Å². The number of ether oxygens (including phenoxy) is 1. The van der Waals surface area contributed by atoms with Crippen molar-refractivity contribution in [1.82, 2.24) is 10.2 Å². The van der Waals surface area contributed by atoms with Gasteiger partial charge in [-0.1, -0.05) is 0 Å². The van der Waals surface area contributed by atoms with E-state index >= 15 is 0 Å². The number of carbonyl (C=O) groups is 1. The number of furan rings is 1. The number of esters is 1. The summed E-state index contributed by atoms with van der Waals surface area (Å²) in [5, 5.41) is 13.3. The summed E-state index contributed by atoms with van der Waals surface area (Å²) < 4.78 is 10.3. The first-order valence-corrected chi connectivity index (χ1v) is 8.57. The summed E-state index contributed by atoms with van der Waals surface area (Å²) in [5.41, 5.74) is 0. The van der Waals surface area contributed by atoms with Gasteiger partial charge in [-0.15, -0.1) is 0 Å². The van der Waals surface area contributed by atoms with Gasteiger partial charge in [0.05, 0.1) is 25.3 Å². The van der Waals surface area contributed by atoms with Crippen molar-refractivity contribution in [2.45, 2.75) is 32.8 Å². The minimum Gasteiger partial charge on any atom is -0.467 e. The van der Waals surface area contributed by atoms with Crippen LogP contribution in [0.3, 0.4) is 0 Å². The number of nitrogens with zero attached hydrogens (tertiary/aromatic N) is 2. The minimum atomic E-state index is -0.759. The normalized spacial score (nSPS) is 17.6. The van der Waals surface area contributed by atoms with Gasteiger partial charge in [-0.25, -0.2) is 4.99 Å². The van der Waals surface area contributed by atoms with Gasteiger partial charge in [-0.2, -0.15) is 0 Å². The Labute approximate surface area is 142 Å². The first-order chi connectivity index (χ1) is 11.7. The standard InChI is InChI=1S/C17H27N3O4/c1-3-18-17(19-12-14(21)15-6-5-11-24-15)20-9-7-13(8-10-20)16(22)23-4-2/h5-6,11,13-14,21H,3-4,7-10,12H2,1-2H3,(H,18,19). The molecule has 0 spiro atoms. The molecular weight excluding hydrogens is 310 g/mol. The predicted molar refractivity (Wildman–Crippen MR) is 90.6 cm³/mol. The Kier molecular flexibility index (Phi) is 7.11. The van der Waals surface area contributed by atoms with Crippen LogP contribution in [-0.2, 0) is 9.53 Å². The highest BCUT2D eigenvalue weighted by Crippen LogP contribution is 2.19. The third kappa shape index (κ3) is 4.99. The van der Waals surface area contributed by atoms with E-state index < -0.39 is 6.10 Å². The third-order valence-corrected chi connectivity index (χ3v) is 4.03. The van der Waals surface area contributed by atoms with Crippen molar-refractivity contribution in [2.75, 3.05) is 32.8 Å². The molecule has 0 radical (unpaired) electrons. The summed E-state index contributed by atoms with van der Waals surface area (Å²) in [4.78, 5) is 18.4. The molecule has 7 nitrogen and oxygen atoms in total. The molecule has 0 aliphatic carbocycles. The van der Waals surface area contributed by atoms with E-state index in [9.17, 15) is 9.90 Å². The molecule has 2 heterocycles. The first-order valence-electron chi connectivity index (χ1n) is 8.57. The fourth-order valence-corrected chi connectivity index (χ4v) is 2.76. The van der Waals surface area contributed by atoms with Crippen LogP contribution in [0, 0.1) is 5.92 Å². The van der Waals surface area contributed by atoms with E-state index in [0.29, 0.717) is 12.4 Å². The number of piperidine rings is 1. The SMILES string of the molecule is CCNC(=NCC(O)c1ccco1)N1CCC(C(=O)OCC)CC1. The molecule has 1 aromatic heterocycles. The highest BCUT2D eigenvalue weighted by atomic mass is 16.5. The number of aliphatic hydroxyl groups is 1. The summed E-state index contributed by atoms with van der Waals surface area (Å²) in [5.74, 6) is 1.13. The van der Waals surface area contributed by atoms with Gasteiger partial charge in [-0.3, -0.25) is 4.79 Å². The van der Waals surface area contributed by atoms with Gasteiger partial charge >= 0.3 is 5.97 Å². The van der Waals surface area contributed by atoms with E-state index in [1.807, 2.05) is 13.8 Å². The zero-order valence-electron chi connectivity index (χ0n) is 14.4. The molecule has 1 aromatic rings.